The molecule has 3 rings (SSSR count). The maximum Gasteiger partial charge on any atom is 0.243 e. The van der Waals surface area contributed by atoms with Gasteiger partial charge in [-0.2, -0.15) is 16.1 Å². The summed E-state index contributed by atoms with van der Waals surface area (Å²) in [7, 11) is -3.72. The van der Waals surface area contributed by atoms with Crippen molar-refractivity contribution in [1.29, 1.82) is 0 Å². The van der Waals surface area contributed by atoms with Crippen LogP contribution in [0.2, 0.25) is 5.02 Å². The Morgan fingerprint density at radius 2 is 2.07 bits per heavy atom. The van der Waals surface area contributed by atoms with Gasteiger partial charge in [-0.1, -0.05) is 11.6 Å². The van der Waals surface area contributed by atoms with E-state index in [1.165, 1.54) is 28.6 Å². The number of furan rings is 1. The molecule has 1 N–H and O–H groups in total. The number of carbonyl (C=O) groups is 1. The van der Waals surface area contributed by atoms with E-state index in [-0.39, 0.29) is 10.8 Å². The van der Waals surface area contributed by atoms with E-state index in [1.807, 2.05) is 12.1 Å². The molecule has 0 bridgehead atoms. The maximum atomic E-state index is 12.9. The number of benzene rings is 1. The van der Waals surface area contributed by atoms with Crippen LogP contribution < -0.4 is 5.32 Å². The predicted octanol–water partition coefficient (Wildman–Crippen LogP) is 3.14. The number of rotatable bonds is 8. The second kappa shape index (κ2) is 9.14. The molecule has 1 fully saturated rings. The second-order valence-corrected chi connectivity index (χ2v) is 9.58. The Hall–Kier alpha value is -1.48. The molecule has 1 saturated heterocycles. The van der Waals surface area contributed by atoms with E-state index in [1.54, 1.807) is 18.0 Å². The third kappa shape index (κ3) is 5.07. The van der Waals surface area contributed by atoms with Gasteiger partial charge in [-0.15, -0.1) is 0 Å². The van der Waals surface area contributed by atoms with Crippen LogP contribution in [0.3, 0.4) is 0 Å². The Bertz CT molecular complexity index is 854. The third-order valence-electron chi connectivity index (χ3n) is 4.30. The molecule has 1 unspecified atom stereocenters. The van der Waals surface area contributed by atoms with Gasteiger partial charge in [0.1, 0.15) is 11.8 Å². The molecule has 6 nitrogen and oxygen atoms in total. The van der Waals surface area contributed by atoms with Gasteiger partial charge in [-0.3, -0.25) is 4.79 Å². The molecule has 1 aliphatic heterocycles. The third-order valence-corrected chi connectivity index (χ3v) is 7.45. The van der Waals surface area contributed by atoms with Crippen LogP contribution in [0.15, 0.2) is 52.0 Å². The standard InChI is InChI=1S/C18H21ClN2O4S2/c19-14-5-7-16(8-6-14)27(23,24)21-10-1-4-17(21)18(22)20-9-12-26-13-15-3-2-11-25-15/h2-3,5-8,11,17H,1,4,9-10,12-13H2,(H,20,22). The number of hydrogen-bond donors (Lipinski definition) is 1. The van der Waals surface area contributed by atoms with E-state index < -0.39 is 16.1 Å². The monoisotopic (exact) mass is 428 g/mol. The van der Waals surface area contributed by atoms with Crippen molar-refractivity contribution in [2.24, 2.45) is 0 Å². The van der Waals surface area contributed by atoms with Crippen LogP contribution in [0.5, 0.6) is 0 Å². The van der Waals surface area contributed by atoms with Gasteiger partial charge < -0.3 is 9.73 Å². The summed E-state index contributed by atoms with van der Waals surface area (Å²) in [5.41, 5.74) is 0. The lowest BCUT2D eigenvalue weighted by molar-refractivity contribution is -0.124. The topological polar surface area (TPSA) is 79.6 Å². The van der Waals surface area contributed by atoms with Crippen LogP contribution >= 0.6 is 23.4 Å². The van der Waals surface area contributed by atoms with Gasteiger partial charge in [0.25, 0.3) is 0 Å². The number of hydrogen-bond acceptors (Lipinski definition) is 5. The molecule has 2 heterocycles. The summed E-state index contributed by atoms with van der Waals surface area (Å²) in [4.78, 5) is 12.7. The lowest BCUT2D eigenvalue weighted by Crippen LogP contribution is -2.46. The van der Waals surface area contributed by atoms with Crippen molar-refractivity contribution in [2.75, 3.05) is 18.8 Å². The number of nitrogens with one attached hydrogen (secondary N) is 1. The highest BCUT2D eigenvalue weighted by atomic mass is 35.5. The van der Waals surface area contributed by atoms with Crippen LogP contribution in [0.4, 0.5) is 0 Å². The number of thioether (sulfide) groups is 1. The first-order chi connectivity index (χ1) is 13.0. The second-order valence-electron chi connectivity index (χ2n) is 6.15. The number of carbonyl (C=O) groups excluding carboxylic acids is 1. The van der Waals surface area contributed by atoms with E-state index >= 15 is 0 Å². The molecule has 1 amide bonds. The Balaban J connectivity index is 1.53. The predicted molar refractivity (Wildman–Crippen MR) is 106 cm³/mol. The van der Waals surface area contributed by atoms with Crippen molar-refractivity contribution >= 4 is 39.3 Å². The first kappa shape index (κ1) is 20.3. The minimum absolute atomic E-state index is 0.153. The largest absolute Gasteiger partial charge is 0.468 e. The fraction of sp³-hybridized carbons (Fsp3) is 0.389. The first-order valence-electron chi connectivity index (χ1n) is 8.64. The summed E-state index contributed by atoms with van der Waals surface area (Å²) in [5, 5.41) is 3.32. The molecular formula is C18H21ClN2O4S2. The van der Waals surface area contributed by atoms with Crippen molar-refractivity contribution in [3.8, 4) is 0 Å². The van der Waals surface area contributed by atoms with Gasteiger partial charge in [0.05, 0.1) is 16.9 Å². The van der Waals surface area contributed by atoms with E-state index in [0.717, 1.165) is 17.3 Å². The molecule has 9 heteroatoms. The number of sulfonamides is 1. The number of nitrogens with zero attached hydrogens (tertiary/aromatic N) is 1. The SMILES string of the molecule is O=C(NCCSCc1ccco1)C1CCCN1S(=O)(=O)c1ccc(Cl)cc1. The van der Waals surface area contributed by atoms with E-state index in [9.17, 15) is 13.2 Å². The molecule has 1 atom stereocenters. The Morgan fingerprint density at radius 3 is 2.78 bits per heavy atom. The molecule has 146 valence electrons. The quantitative estimate of drug-likeness (QED) is 0.653. The van der Waals surface area contributed by atoms with E-state index in [4.69, 9.17) is 16.0 Å². The molecule has 0 spiro atoms. The fourth-order valence-corrected chi connectivity index (χ4v) is 5.50. The van der Waals surface area contributed by atoms with Gasteiger partial charge in [0.15, 0.2) is 0 Å². The lowest BCUT2D eigenvalue weighted by atomic mass is 10.2. The van der Waals surface area contributed by atoms with Gasteiger partial charge >= 0.3 is 0 Å². The van der Waals surface area contributed by atoms with Gasteiger partial charge in [0.2, 0.25) is 15.9 Å². The van der Waals surface area contributed by atoms with Gasteiger partial charge in [-0.25, -0.2) is 8.42 Å². The van der Waals surface area contributed by atoms with Crippen molar-refractivity contribution in [3.63, 3.8) is 0 Å². The summed E-state index contributed by atoms with van der Waals surface area (Å²) in [6.45, 7) is 0.825. The minimum Gasteiger partial charge on any atom is -0.468 e. The van der Waals surface area contributed by atoms with E-state index in [0.29, 0.717) is 31.0 Å². The number of amides is 1. The molecule has 27 heavy (non-hydrogen) atoms. The highest BCUT2D eigenvalue weighted by Crippen LogP contribution is 2.27. The molecule has 0 radical (unpaired) electrons. The van der Waals surface area contributed by atoms with Crippen LogP contribution in [0.25, 0.3) is 0 Å². The van der Waals surface area contributed by atoms with Crippen molar-refractivity contribution in [2.45, 2.75) is 29.5 Å². The normalized spacial score (nSPS) is 17.9. The van der Waals surface area contributed by atoms with Crippen LogP contribution in [-0.4, -0.2) is 43.5 Å². The van der Waals surface area contributed by atoms with Gasteiger partial charge in [0, 0.05) is 23.9 Å². The average Bonchev–Trinajstić information content (AvgIpc) is 3.33. The minimum atomic E-state index is -3.72. The van der Waals surface area contributed by atoms with E-state index in [2.05, 4.69) is 5.32 Å². The summed E-state index contributed by atoms with van der Waals surface area (Å²) in [5.74, 6) is 2.11. The maximum absolute atomic E-state index is 12.9. The Labute approximate surface area is 168 Å². The lowest BCUT2D eigenvalue weighted by Gasteiger charge is -2.23. The van der Waals surface area contributed by atoms with Gasteiger partial charge in [-0.05, 0) is 49.2 Å². The van der Waals surface area contributed by atoms with Crippen molar-refractivity contribution < 1.29 is 17.6 Å². The fourth-order valence-electron chi connectivity index (χ4n) is 2.96. The zero-order valence-electron chi connectivity index (χ0n) is 14.6. The molecule has 1 aliphatic rings. The van der Waals surface area contributed by atoms with Crippen molar-refractivity contribution in [1.82, 2.24) is 9.62 Å². The summed E-state index contributed by atoms with van der Waals surface area (Å²) in [6, 6.07) is 9.09. The van der Waals surface area contributed by atoms with Crippen LogP contribution in [0.1, 0.15) is 18.6 Å². The smallest absolute Gasteiger partial charge is 0.243 e. The van der Waals surface area contributed by atoms with Crippen LogP contribution in [-0.2, 0) is 20.6 Å². The van der Waals surface area contributed by atoms with Crippen LogP contribution in [0, 0.1) is 0 Å². The zero-order valence-corrected chi connectivity index (χ0v) is 17.0. The molecule has 2 aromatic rings. The summed E-state index contributed by atoms with van der Waals surface area (Å²) >= 11 is 7.48. The Kier molecular flexibility index (Phi) is 6.86. The highest BCUT2D eigenvalue weighted by Gasteiger charge is 2.39. The molecule has 0 saturated carbocycles. The molecule has 1 aromatic carbocycles. The number of halogens is 1. The molecular weight excluding hydrogens is 408 g/mol. The average molecular weight is 429 g/mol. The Morgan fingerprint density at radius 1 is 1.30 bits per heavy atom. The molecule has 0 aliphatic carbocycles. The first-order valence-corrected chi connectivity index (χ1v) is 11.6. The molecule has 1 aromatic heterocycles. The highest BCUT2D eigenvalue weighted by molar-refractivity contribution is 7.98. The summed E-state index contributed by atoms with van der Waals surface area (Å²) < 4.78 is 32.3. The van der Waals surface area contributed by atoms with Crippen molar-refractivity contribution in [3.05, 3.63) is 53.4 Å². The zero-order chi connectivity index (χ0) is 19.3. The summed E-state index contributed by atoms with van der Waals surface area (Å²) in [6.07, 6.45) is 2.82.